The van der Waals surface area contributed by atoms with Crippen molar-refractivity contribution in [3.8, 4) is 5.88 Å². The van der Waals surface area contributed by atoms with Crippen molar-refractivity contribution in [1.29, 1.82) is 0 Å². The lowest BCUT2D eigenvalue weighted by Gasteiger charge is -2.21. The molecule has 6 rings (SSSR count). The predicted octanol–water partition coefficient (Wildman–Crippen LogP) is 4.81. The highest BCUT2D eigenvalue weighted by molar-refractivity contribution is 6.22. The molecule has 0 aliphatic carbocycles. The number of amides is 1. The summed E-state index contributed by atoms with van der Waals surface area (Å²) in [7, 11) is 1.34. The Bertz CT molecular complexity index is 1590. The van der Waals surface area contributed by atoms with Crippen LogP contribution >= 0.6 is 0 Å². The number of hydrogen-bond acceptors (Lipinski definition) is 6. The van der Waals surface area contributed by atoms with E-state index in [1.54, 1.807) is 18.2 Å². The van der Waals surface area contributed by atoms with Crippen molar-refractivity contribution in [2.75, 3.05) is 38.2 Å². The third-order valence-corrected chi connectivity index (χ3v) is 7.54. The third kappa shape index (κ3) is 4.79. The summed E-state index contributed by atoms with van der Waals surface area (Å²) in [4.78, 5) is 37.2. The molecule has 3 heterocycles. The second kappa shape index (κ2) is 10.4. The molecule has 0 atom stereocenters. The normalized spacial score (nSPS) is 15.6. The van der Waals surface area contributed by atoms with Gasteiger partial charge in [-0.05, 0) is 68.2 Å². The maximum atomic E-state index is 13.0. The number of carbonyl (C=O) groups excluding carboxylic acids is 2. The number of aromatic amines is 1. The summed E-state index contributed by atoms with van der Waals surface area (Å²) in [6.07, 6.45) is 3.10. The van der Waals surface area contributed by atoms with Gasteiger partial charge in [0.25, 0.3) is 0 Å². The number of aromatic nitrogens is 1. The minimum absolute atomic E-state index is 0.0329. The smallest absolute Gasteiger partial charge is 0.337 e. The SMILES string of the molecule is COC(=O)c1ccc2c(C(=Nc3ccc4c(c3)CCN4C(=O)CN3CCCC3)c3ccccc3)c(O)[nH]c2c1. The number of aliphatic imine (C=N–C) groups is 1. The molecule has 8 heteroatoms. The summed E-state index contributed by atoms with van der Waals surface area (Å²) in [5, 5.41) is 11.7. The van der Waals surface area contributed by atoms with Crippen LogP contribution in [0.25, 0.3) is 10.9 Å². The van der Waals surface area contributed by atoms with Crippen molar-refractivity contribution in [3.05, 3.63) is 89.0 Å². The largest absolute Gasteiger partial charge is 0.494 e. The van der Waals surface area contributed by atoms with Crippen LogP contribution in [0.1, 0.15) is 39.9 Å². The van der Waals surface area contributed by atoms with Crippen LogP contribution in [0.15, 0.2) is 71.7 Å². The summed E-state index contributed by atoms with van der Waals surface area (Å²) in [6.45, 7) is 3.13. The Balaban J connectivity index is 1.38. The molecule has 1 aromatic heterocycles. The van der Waals surface area contributed by atoms with Gasteiger partial charge in [0.05, 0.1) is 36.2 Å². The van der Waals surface area contributed by atoms with E-state index in [0.717, 1.165) is 60.2 Å². The first-order valence-corrected chi connectivity index (χ1v) is 13.2. The Morgan fingerprint density at radius 1 is 0.974 bits per heavy atom. The number of nitrogens with zero attached hydrogens (tertiary/aromatic N) is 3. The Morgan fingerprint density at radius 3 is 2.54 bits per heavy atom. The first-order valence-electron chi connectivity index (χ1n) is 13.2. The van der Waals surface area contributed by atoms with Gasteiger partial charge in [0, 0.05) is 28.7 Å². The standard InChI is InChI=1S/C31H30N4O4/c1-39-31(38)22-9-11-24-25(18-22)33-30(37)28(24)29(20-7-3-2-4-8-20)32-23-10-12-26-21(17-23)13-16-35(26)27(36)19-34-14-5-6-15-34/h2-4,7-12,17-18,33,37H,5-6,13-16,19H2,1H3. The number of nitrogens with one attached hydrogen (secondary N) is 1. The molecule has 0 bridgehead atoms. The number of ether oxygens (including phenoxy) is 1. The Labute approximate surface area is 226 Å². The number of fused-ring (bicyclic) bond motifs is 2. The number of methoxy groups -OCH3 is 1. The lowest BCUT2D eigenvalue weighted by atomic mass is 10.00. The van der Waals surface area contributed by atoms with Gasteiger partial charge in [-0.15, -0.1) is 0 Å². The van der Waals surface area contributed by atoms with Crippen LogP contribution in [0.2, 0.25) is 0 Å². The van der Waals surface area contributed by atoms with Crippen molar-refractivity contribution in [2.24, 2.45) is 4.99 Å². The first-order chi connectivity index (χ1) is 19.0. The topological polar surface area (TPSA) is 98.2 Å². The molecule has 4 aromatic rings. The molecule has 198 valence electrons. The molecule has 2 aliphatic rings. The van der Waals surface area contributed by atoms with Gasteiger partial charge >= 0.3 is 5.97 Å². The number of anilines is 1. The van der Waals surface area contributed by atoms with E-state index in [1.165, 1.54) is 7.11 Å². The zero-order chi connectivity index (χ0) is 26.9. The van der Waals surface area contributed by atoms with E-state index in [-0.39, 0.29) is 11.8 Å². The van der Waals surface area contributed by atoms with Crippen LogP contribution < -0.4 is 4.90 Å². The zero-order valence-corrected chi connectivity index (χ0v) is 21.8. The maximum Gasteiger partial charge on any atom is 0.337 e. The number of likely N-dealkylation sites (tertiary alicyclic amines) is 1. The second-order valence-corrected chi connectivity index (χ2v) is 10.0. The van der Waals surface area contributed by atoms with Crippen molar-refractivity contribution >= 4 is 39.9 Å². The van der Waals surface area contributed by atoms with Gasteiger partial charge in [0.2, 0.25) is 5.91 Å². The molecule has 0 saturated carbocycles. The van der Waals surface area contributed by atoms with Crippen LogP contribution in [0, 0.1) is 0 Å². The molecular weight excluding hydrogens is 492 g/mol. The van der Waals surface area contributed by atoms with Crippen molar-refractivity contribution in [2.45, 2.75) is 19.3 Å². The molecule has 2 aliphatic heterocycles. The van der Waals surface area contributed by atoms with Gasteiger partial charge < -0.3 is 19.7 Å². The molecular formula is C31H30N4O4. The molecule has 2 N–H and O–H groups in total. The van der Waals surface area contributed by atoms with E-state index in [0.29, 0.717) is 35.4 Å². The molecule has 0 radical (unpaired) electrons. The molecule has 0 unspecified atom stereocenters. The lowest BCUT2D eigenvalue weighted by Crippen LogP contribution is -2.38. The van der Waals surface area contributed by atoms with Gasteiger partial charge in [-0.1, -0.05) is 36.4 Å². The highest BCUT2D eigenvalue weighted by Crippen LogP contribution is 2.35. The monoisotopic (exact) mass is 522 g/mol. The third-order valence-electron chi connectivity index (χ3n) is 7.54. The van der Waals surface area contributed by atoms with E-state index in [2.05, 4.69) is 9.88 Å². The van der Waals surface area contributed by atoms with Gasteiger partial charge in [-0.2, -0.15) is 0 Å². The number of benzene rings is 3. The van der Waals surface area contributed by atoms with Crippen LogP contribution in [-0.2, 0) is 16.0 Å². The van der Waals surface area contributed by atoms with E-state index in [1.807, 2.05) is 53.4 Å². The predicted molar refractivity (Wildman–Crippen MR) is 151 cm³/mol. The Morgan fingerprint density at radius 2 is 1.77 bits per heavy atom. The van der Waals surface area contributed by atoms with Crippen LogP contribution in [0.3, 0.4) is 0 Å². The summed E-state index contributed by atoms with van der Waals surface area (Å²) in [5.41, 5.74) is 5.76. The van der Waals surface area contributed by atoms with E-state index < -0.39 is 5.97 Å². The number of H-pyrrole nitrogens is 1. The van der Waals surface area contributed by atoms with Crippen LogP contribution in [-0.4, -0.2) is 65.9 Å². The minimum Gasteiger partial charge on any atom is -0.494 e. The molecule has 1 saturated heterocycles. The lowest BCUT2D eigenvalue weighted by molar-refractivity contribution is -0.119. The van der Waals surface area contributed by atoms with Crippen molar-refractivity contribution < 1.29 is 19.4 Å². The van der Waals surface area contributed by atoms with Gasteiger partial charge in [0.1, 0.15) is 0 Å². The number of carbonyl (C=O) groups is 2. The maximum absolute atomic E-state index is 13.0. The highest BCUT2D eigenvalue weighted by atomic mass is 16.5. The van der Waals surface area contributed by atoms with Gasteiger partial charge in [-0.25, -0.2) is 9.79 Å². The average molecular weight is 523 g/mol. The Kier molecular flexibility index (Phi) is 6.62. The van der Waals surface area contributed by atoms with Crippen molar-refractivity contribution in [1.82, 2.24) is 9.88 Å². The fourth-order valence-corrected chi connectivity index (χ4v) is 5.59. The summed E-state index contributed by atoms with van der Waals surface area (Å²) in [6, 6.07) is 20.7. The van der Waals surface area contributed by atoms with E-state index in [4.69, 9.17) is 9.73 Å². The van der Waals surface area contributed by atoms with E-state index in [9.17, 15) is 14.7 Å². The molecule has 0 spiro atoms. The molecule has 1 amide bonds. The summed E-state index contributed by atoms with van der Waals surface area (Å²) < 4.78 is 4.84. The van der Waals surface area contributed by atoms with Crippen molar-refractivity contribution in [3.63, 3.8) is 0 Å². The second-order valence-electron chi connectivity index (χ2n) is 10.0. The quantitative estimate of drug-likeness (QED) is 0.280. The first kappa shape index (κ1) is 24.9. The molecule has 39 heavy (non-hydrogen) atoms. The number of hydrogen-bond donors (Lipinski definition) is 2. The van der Waals surface area contributed by atoms with Gasteiger partial charge in [-0.3, -0.25) is 9.69 Å². The average Bonchev–Trinajstić information content (AvgIpc) is 3.69. The fraction of sp³-hybridized carbons (Fsp3) is 0.258. The Hall–Kier alpha value is -4.43. The fourth-order valence-electron chi connectivity index (χ4n) is 5.59. The number of esters is 1. The minimum atomic E-state index is -0.449. The van der Waals surface area contributed by atoms with Gasteiger partial charge in [0.15, 0.2) is 5.88 Å². The zero-order valence-electron chi connectivity index (χ0n) is 21.8. The van der Waals surface area contributed by atoms with E-state index >= 15 is 0 Å². The number of aromatic hydroxyl groups is 1. The van der Waals surface area contributed by atoms with Crippen LogP contribution in [0.5, 0.6) is 5.88 Å². The highest BCUT2D eigenvalue weighted by Gasteiger charge is 2.27. The van der Waals surface area contributed by atoms with Crippen LogP contribution in [0.4, 0.5) is 11.4 Å². The molecule has 8 nitrogen and oxygen atoms in total. The number of rotatable bonds is 6. The molecule has 1 fully saturated rings. The summed E-state index contributed by atoms with van der Waals surface area (Å²) in [5.74, 6) is -0.336. The summed E-state index contributed by atoms with van der Waals surface area (Å²) >= 11 is 0. The molecule has 3 aromatic carbocycles.